The molecule has 6 heteroatoms. The third kappa shape index (κ3) is 2.85. The minimum Gasteiger partial charge on any atom is -0.345 e. The van der Waals surface area contributed by atoms with Gasteiger partial charge in [-0.05, 0) is 18.2 Å². The molecule has 1 aromatic heterocycles. The average Bonchev–Trinajstić information content (AvgIpc) is 2.72. The molecule has 0 aliphatic carbocycles. The summed E-state index contributed by atoms with van der Waals surface area (Å²) in [6.45, 7) is 0.353. The van der Waals surface area contributed by atoms with Crippen LogP contribution in [-0.2, 0) is 13.6 Å². The van der Waals surface area contributed by atoms with E-state index in [1.807, 2.05) is 13.1 Å². The quantitative estimate of drug-likeness (QED) is 0.798. The van der Waals surface area contributed by atoms with Crippen LogP contribution in [-0.4, -0.2) is 20.7 Å². The third-order valence-corrected chi connectivity index (χ3v) is 2.60. The van der Waals surface area contributed by atoms with Crippen LogP contribution in [0.2, 0.25) is 0 Å². The van der Waals surface area contributed by atoms with Gasteiger partial charge in [0.25, 0.3) is 5.91 Å². The van der Waals surface area contributed by atoms with Gasteiger partial charge in [0, 0.05) is 17.5 Å². The molecule has 0 radical (unpaired) electrons. The number of carbonyl (C=O) groups is 1. The van der Waals surface area contributed by atoms with Crippen molar-refractivity contribution in [2.24, 2.45) is 7.05 Å². The maximum Gasteiger partial charge on any atom is 0.251 e. The highest BCUT2D eigenvalue weighted by molar-refractivity contribution is 7.80. The van der Waals surface area contributed by atoms with Gasteiger partial charge in [0.2, 0.25) is 0 Å². The van der Waals surface area contributed by atoms with Crippen LogP contribution in [0.1, 0.15) is 16.2 Å². The van der Waals surface area contributed by atoms with Gasteiger partial charge >= 0.3 is 0 Å². The Morgan fingerprint density at radius 3 is 3.00 bits per heavy atom. The number of benzene rings is 1. The van der Waals surface area contributed by atoms with Crippen molar-refractivity contribution in [3.8, 4) is 0 Å². The molecular formula is C11H12N4OS. The Bertz CT molecular complexity index is 538. The number of rotatable bonds is 3. The van der Waals surface area contributed by atoms with Gasteiger partial charge in [-0.3, -0.25) is 4.79 Å². The Balaban J connectivity index is 2.01. The number of amides is 1. The van der Waals surface area contributed by atoms with E-state index in [1.54, 1.807) is 29.1 Å². The zero-order chi connectivity index (χ0) is 12.3. The van der Waals surface area contributed by atoms with Crippen molar-refractivity contribution < 1.29 is 4.79 Å². The Morgan fingerprint density at radius 1 is 1.53 bits per heavy atom. The predicted octanol–water partition coefficient (Wildman–Crippen LogP) is 1.03. The highest BCUT2D eigenvalue weighted by atomic mass is 32.1. The van der Waals surface area contributed by atoms with Crippen molar-refractivity contribution in [2.45, 2.75) is 11.4 Å². The fourth-order valence-electron chi connectivity index (χ4n) is 1.38. The first-order chi connectivity index (χ1) is 8.16. The number of aryl methyl sites for hydroxylation is 1. The van der Waals surface area contributed by atoms with Gasteiger partial charge < -0.3 is 9.88 Å². The lowest BCUT2D eigenvalue weighted by Gasteiger charge is -2.05. The summed E-state index contributed by atoms with van der Waals surface area (Å²) >= 11 is 4.19. The van der Waals surface area contributed by atoms with Crippen molar-refractivity contribution in [1.82, 2.24) is 20.1 Å². The van der Waals surface area contributed by atoms with Crippen molar-refractivity contribution >= 4 is 18.5 Å². The van der Waals surface area contributed by atoms with Gasteiger partial charge in [0.05, 0.1) is 6.54 Å². The molecule has 0 saturated heterocycles. The molecule has 2 aromatic rings. The number of aromatic nitrogens is 3. The van der Waals surface area contributed by atoms with E-state index in [0.29, 0.717) is 17.9 Å². The molecule has 1 heterocycles. The van der Waals surface area contributed by atoms with Gasteiger partial charge in [0.1, 0.15) is 6.33 Å². The van der Waals surface area contributed by atoms with E-state index in [2.05, 4.69) is 28.1 Å². The van der Waals surface area contributed by atoms with E-state index in [1.165, 1.54) is 0 Å². The largest absolute Gasteiger partial charge is 0.345 e. The summed E-state index contributed by atoms with van der Waals surface area (Å²) in [5.41, 5.74) is 0.583. The Hall–Kier alpha value is -1.82. The van der Waals surface area contributed by atoms with E-state index >= 15 is 0 Å². The van der Waals surface area contributed by atoms with Crippen LogP contribution in [0, 0.1) is 0 Å². The monoisotopic (exact) mass is 248 g/mol. The normalized spacial score (nSPS) is 10.2. The summed E-state index contributed by atoms with van der Waals surface area (Å²) in [5, 5.41) is 10.4. The average molecular weight is 248 g/mol. The fourth-order valence-corrected chi connectivity index (χ4v) is 1.60. The molecule has 0 bridgehead atoms. The van der Waals surface area contributed by atoms with Crippen LogP contribution in [0.4, 0.5) is 0 Å². The lowest BCUT2D eigenvalue weighted by atomic mass is 10.2. The molecule has 88 valence electrons. The van der Waals surface area contributed by atoms with Gasteiger partial charge in [-0.2, -0.15) is 0 Å². The van der Waals surface area contributed by atoms with Crippen molar-refractivity contribution in [3.05, 3.63) is 42.0 Å². The van der Waals surface area contributed by atoms with Gasteiger partial charge in [-0.15, -0.1) is 22.8 Å². The van der Waals surface area contributed by atoms with E-state index < -0.39 is 0 Å². The number of nitrogens with one attached hydrogen (secondary N) is 1. The molecule has 1 aromatic carbocycles. The van der Waals surface area contributed by atoms with Crippen LogP contribution in [0.15, 0.2) is 35.5 Å². The summed E-state index contributed by atoms with van der Waals surface area (Å²) in [7, 11) is 1.83. The zero-order valence-electron chi connectivity index (χ0n) is 9.29. The summed E-state index contributed by atoms with van der Waals surface area (Å²) < 4.78 is 1.76. The highest BCUT2D eigenvalue weighted by Gasteiger charge is 2.07. The van der Waals surface area contributed by atoms with E-state index in [9.17, 15) is 4.79 Å². The number of hydrogen-bond donors (Lipinski definition) is 2. The number of thiol groups is 1. The van der Waals surface area contributed by atoms with E-state index in [4.69, 9.17) is 0 Å². The first kappa shape index (κ1) is 11.7. The molecular weight excluding hydrogens is 236 g/mol. The van der Waals surface area contributed by atoms with E-state index in [-0.39, 0.29) is 5.91 Å². The van der Waals surface area contributed by atoms with Crippen molar-refractivity contribution in [2.75, 3.05) is 0 Å². The molecule has 0 unspecified atom stereocenters. The third-order valence-electron chi connectivity index (χ3n) is 2.32. The Morgan fingerprint density at radius 2 is 2.35 bits per heavy atom. The molecule has 1 amide bonds. The SMILES string of the molecule is Cn1cnnc1CNC(=O)c1cccc(S)c1. The van der Waals surface area contributed by atoms with Gasteiger partial charge in [-0.1, -0.05) is 6.07 Å². The van der Waals surface area contributed by atoms with Gasteiger partial charge in [-0.25, -0.2) is 0 Å². The second-order valence-electron chi connectivity index (χ2n) is 3.59. The standard InChI is InChI=1S/C11H12N4OS/c1-15-7-13-14-10(15)6-12-11(16)8-3-2-4-9(17)5-8/h2-5,7,17H,6H2,1H3,(H,12,16). The van der Waals surface area contributed by atoms with Gasteiger partial charge in [0.15, 0.2) is 5.82 Å². The number of hydrogen-bond acceptors (Lipinski definition) is 4. The summed E-state index contributed by atoms with van der Waals surface area (Å²) in [6, 6.07) is 7.07. The number of nitrogens with zero attached hydrogens (tertiary/aromatic N) is 3. The first-order valence-corrected chi connectivity index (χ1v) is 5.51. The summed E-state index contributed by atoms with van der Waals surface area (Å²) in [4.78, 5) is 12.6. The molecule has 0 fully saturated rings. The summed E-state index contributed by atoms with van der Waals surface area (Å²) in [5.74, 6) is 0.560. The Labute approximate surface area is 104 Å². The minimum atomic E-state index is -0.149. The zero-order valence-corrected chi connectivity index (χ0v) is 10.2. The molecule has 0 aliphatic heterocycles. The molecule has 1 N–H and O–H groups in total. The molecule has 0 atom stereocenters. The van der Waals surface area contributed by atoms with Crippen molar-refractivity contribution in [3.63, 3.8) is 0 Å². The molecule has 0 saturated carbocycles. The first-order valence-electron chi connectivity index (χ1n) is 5.07. The van der Waals surface area contributed by atoms with Crippen LogP contribution in [0.25, 0.3) is 0 Å². The van der Waals surface area contributed by atoms with Crippen LogP contribution < -0.4 is 5.32 Å². The predicted molar refractivity (Wildman–Crippen MR) is 65.9 cm³/mol. The topological polar surface area (TPSA) is 59.8 Å². The maximum absolute atomic E-state index is 11.8. The second kappa shape index (κ2) is 5.01. The van der Waals surface area contributed by atoms with Crippen LogP contribution in [0.5, 0.6) is 0 Å². The van der Waals surface area contributed by atoms with Crippen LogP contribution >= 0.6 is 12.6 Å². The molecule has 5 nitrogen and oxygen atoms in total. The summed E-state index contributed by atoms with van der Waals surface area (Å²) in [6.07, 6.45) is 1.59. The molecule has 0 spiro atoms. The van der Waals surface area contributed by atoms with Crippen LogP contribution in [0.3, 0.4) is 0 Å². The van der Waals surface area contributed by atoms with Crippen molar-refractivity contribution in [1.29, 1.82) is 0 Å². The lowest BCUT2D eigenvalue weighted by molar-refractivity contribution is 0.0949. The molecule has 2 rings (SSSR count). The smallest absolute Gasteiger partial charge is 0.251 e. The Kier molecular flexibility index (Phi) is 3.43. The molecule has 17 heavy (non-hydrogen) atoms. The number of carbonyl (C=O) groups excluding carboxylic acids is 1. The maximum atomic E-state index is 11.8. The van der Waals surface area contributed by atoms with E-state index in [0.717, 1.165) is 4.90 Å². The second-order valence-corrected chi connectivity index (χ2v) is 4.11. The lowest BCUT2D eigenvalue weighted by Crippen LogP contribution is -2.24. The fraction of sp³-hybridized carbons (Fsp3) is 0.182. The highest BCUT2D eigenvalue weighted by Crippen LogP contribution is 2.08. The minimum absolute atomic E-state index is 0.149. The molecule has 0 aliphatic rings.